The minimum Gasteiger partial charge on any atom is -0.490 e. The fourth-order valence-corrected chi connectivity index (χ4v) is 7.43. The largest absolute Gasteiger partial charge is 0.490 e. The van der Waals surface area contributed by atoms with Gasteiger partial charge in [0.05, 0.1) is 52.9 Å². The summed E-state index contributed by atoms with van der Waals surface area (Å²) in [4.78, 5) is 0. The van der Waals surface area contributed by atoms with Crippen LogP contribution in [0.3, 0.4) is 0 Å². The van der Waals surface area contributed by atoms with Gasteiger partial charge in [-0.2, -0.15) is 0 Å². The molecule has 0 bridgehead atoms. The Balaban J connectivity index is 1.45. The number of benzene rings is 4. The van der Waals surface area contributed by atoms with E-state index in [0.29, 0.717) is 66.1 Å². The minimum atomic E-state index is 0.444. The summed E-state index contributed by atoms with van der Waals surface area (Å²) in [6.07, 6.45) is 8.91. The van der Waals surface area contributed by atoms with Gasteiger partial charge in [-0.1, -0.05) is 60.7 Å². The third-order valence-electron chi connectivity index (χ3n) is 9.69. The molecule has 0 aromatic heterocycles. The van der Waals surface area contributed by atoms with Gasteiger partial charge in [-0.25, -0.2) is 0 Å². The number of hydrogen-bond acceptors (Lipinski definition) is 6. The zero-order chi connectivity index (χ0) is 32.4. The van der Waals surface area contributed by atoms with Gasteiger partial charge in [0, 0.05) is 22.3 Å². The molecule has 0 amide bonds. The number of aryl methyl sites for hydroxylation is 2. The van der Waals surface area contributed by atoms with Crippen molar-refractivity contribution in [1.29, 1.82) is 0 Å². The molecule has 2 aliphatic carbocycles. The maximum Gasteiger partial charge on any atom is 0.135 e. The highest BCUT2D eigenvalue weighted by Gasteiger charge is 2.31. The third kappa shape index (κ3) is 7.63. The van der Waals surface area contributed by atoms with Crippen LogP contribution in [0, 0.1) is 0 Å². The van der Waals surface area contributed by atoms with Gasteiger partial charge < -0.3 is 28.4 Å². The molecule has 0 fully saturated rings. The summed E-state index contributed by atoms with van der Waals surface area (Å²) < 4.78 is 37.3. The SMILES string of the molecule is c1ccc(-c2cc3c(c4c2OCCOCCOCCOCCOCCOc2c(-c5ccccc5)cc5c(c2-4)CCCC5)CCCC3)cc1. The predicted molar refractivity (Wildman–Crippen MR) is 190 cm³/mol. The van der Waals surface area contributed by atoms with E-state index >= 15 is 0 Å². The first kappa shape index (κ1) is 32.8. The lowest BCUT2D eigenvalue weighted by Crippen LogP contribution is -2.17. The first-order chi connectivity index (χ1) is 23.9. The molecule has 4 aromatic rings. The second kappa shape index (κ2) is 16.6. The molecule has 0 radical (unpaired) electrons. The van der Waals surface area contributed by atoms with Crippen LogP contribution in [0.4, 0.5) is 0 Å². The predicted octanol–water partition coefficient (Wildman–Crippen LogP) is 8.28. The van der Waals surface area contributed by atoms with Crippen LogP contribution >= 0.6 is 0 Å². The van der Waals surface area contributed by atoms with Gasteiger partial charge in [-0.05, 0) is 96.9 Å². The van der Waals surface area contributed by atoms with E-state index < -0.39 is 0 Å². The van der Waals surface area contributed by atoms with Gasteiger partial charge in [0.1, 0.15) is 24.7 Å². The van der Waals surface area contributed by atoms with Gasteiger partial charge in [0.2, 0.25) is 0 Å². The molecule has 6 heteroatoms. The highest BCUT2D eigenvalue weighted by Crippen LogP contribution is 2.53. The molecule has 0 spiro atoms. The van der Waals surface area contributed by atoms with Crippen molar-refractivity contribution in [2.24, 2.45) is 0 Å². The number of hydrogen-bond donors (Lipinski definition) is 0. The average molecular weight is 649 g/mol. The van der Waals surface area contributed by atoms with Gasteiger partial charge in [0.15, 0.2) is 0 Å². The molecule has 6 nitrogen and oxygen atoms in total. The van der Waals surface area contributed by atoms with Crippen molar-refractivity contribution in [2.75, 3.05) is 66.1 Å². The zero-order valence-corrected chi connectivity index (χ0v) is 28.1. The monoisotopic (exact) mass is 648 g/mol. The Morgan fingerprint density at radius 3 is 1.12 bits per heavy atom. The number of ether oxygens (including phenoxy) is 6. The Kier molecular flexibility index (Phi) is 11.4. The second-order valence-corrected chi connectivity index (χ2v) is 12.8. The van der Waals surface area contributed by atoms with Crippen molar-refractivity contribution in [2.45, 2.75) is 51.4 Å². The van der Waals surface area contributed by atoms with E-state index in [1.165, 1.54) is 59.1 Å². The van der Waals surface area contributed by atoms with Crippen molar-refractivity contribution in [1.82, 2.24) is 0 Å². The van der Waals surface area contributed by atoms with E-state index in [1.807, 2.05) is 0 Å². The Bertz CT molecular complexity index is 1510. The summed E-state index contributed by atoms with van der Waals surface area (Å²) >= 11 is 0. The topological polar surface area (TPSA) is 55.4 Å². The fraction of sp³-hybridized carbons (Fsp3) is 0.429. The molecule has 0 unspecified atom stereocenters. The van der Waals surface area contributed by atoms with Gasteiger partial charge in [-0.3, -0.25) is 0 Å². The maximum absolute atomic E-state index is 6.95. The fourth-order valence-electron chi connectivity index (χ4n) is 7.43. The van der Waals surface area contributed by atoms with Crippen molar-refractivity contribution in [3.63, 3.8) is 0 Å². The molecule has 0 saturated heterocycles. The molecule has 3 aliphatic rings. The van der Waals surface area contributed by atoms with Crippen LogP contribution in [0.25, 0.3) is 33.4 Å². The summed E-state index contributed by atoms with van der Waals surface area (Å²) in [5.74, 6) is 1.87. The van der Waals surface area contributed by atoms with Crippen molar-refractivity contribution >= 4 is 0 Å². The normalized spacial score (nSPS) is 18.2. The summed E-state index contributed by atoms with van der Waals surface area (Å²) in [6, 6.07) is 26.3. The van der Waals surface area contributed by atoms with Crippen molar-refractivity contribution in [3.8, 4) is 44.9 Å². The first-order valence-corrected chi connectivity index (χ1v) is 17.9. The molecule has 0 saturated carbocycles. The molecule has 4 aromatic carbocycles. The van der Waals surface area contributed by atoms with E-state index in [4.69, 9.17) is 28.4 Å². The quantitative estimate of drug-likeness (QED) is 0.218. The van der Waals surface area contributed by atoms with Gasteiger partial charge >= 0.3 is 0 Å². The molecule has 252 valence electrons. The van der Waals surface area contributed by atoms with E-state index in [0.717, 1.165) is 59.4 Å². The summed E-state index contributed by atoms with van der Waals surface area (Å²) in [5, 5.41) is 0. The van der Waals surface area contributed by atoms with Crippen LogP contribution in [0.15, 0.2) is 72.8 Å². The summed E-state index contributed by atoms with van der Waals surface area (Å²) in [6.45, 7) is 4.99. The molecular weight excluding hydrogens is 600 g/mol. The van der Waals surface area contributed by atoms with Gasteiger partial charge in [0.25, 0.3) is 0 Å². The van der Waals surface area contributed by atoms with Crippen LogP contribution in [-0.2, 0) is 44.6 Å². The van der Waals surface area contributed by atoms with Crippen molar-refractivity contribution in [3.05, 3.63) is 95.1 Å². The third-order valence-corrected chi connectivity index (χ3v) is 9.69. The van der Waals surface area contributed by atoms with E-state index in [2.05, 4.69) is 72.8 Å². The molecule has 48 heavy (non-hydrogen) atoms. The molecular formula is C42H48O6. The zero-order valence-electron chi connectivity index (χ0n) is 28.1. The van der Waals surface area contributed by atoms with Crippen molar-refractivity contribution < 1.29 is 28.4 Å². The smallest absolute Gasteiger partial charge is 0.135 e. The van der Waals surface area contributed by atoms with E-state index in [-0.39, 0.29) is 0 Å². The Morgan fingerprint density at radius 2 is 0.729 bits per heavy atom. The summed E-state index contributed by atoms with van der Waals surface area (Å²) in [7, 11) is 0. The minimum absolute atomic E-state index is 0.444. The Hall–Kier alpha value is -3.68. The average Bonchev–Trinajstić information content (AvgIpc) is 3.14. The molecule has 0 atom stereocenters. The molecule has 1 aliphatic heterocycles. The number of rotatable bonds is 2. The lowest BCUT2D eigenvalue weighted by atomic mass is 9.77. The Morgan fingerprint density at radius 1 is 0.375 bits per heavy atom. The molecule has 0 N–H and O–H groups in total. The highest BCUT2D eigenvalue weighted by atomic mass is 16.6. The maximum atomic E-state index is 6.95. The lowest BCUT2D eigenvalue weighted by molar-refractivity contribution is -0.00702. The highest BCUT2D eigenvalue weighted by molar-refractivity contribution is 5.94. The Labute approximate surface area is 285 Å². The number of fused-ring (bicyclic) bond motifs is 7. The molecule has 1 heterocycles. The van der Waals surface area contributed by atoms with Crippen LogP contribution < -0.4 is 9.47 Å². The lowest BCUT2D eigenvalue weighted by Gasteiger charge is -2.31. The van der Waals surface area contributed by atoms with E-state index in [1.54, 1.807) is 0 Å². The van der Waals surface area contributed by atoms with Crippen LogP contribution in [0.1, 0.15) is 47.9 Å². The second-order valence-electron chi connectivity index (χ2n) is 12.8. The summed E-state index contributed by atoms with van der Waals surface area (Å²) in [5.41, 5.74) is 12.7. The molecule has 7 rings (SSSR count). The first-order valence-electron chi connectivity index (χ1n) is 17.9. The van der Waals surface area contributed by atoms with Gasteiger partial charge in [-0.15, -0.1) is 0 Å². The standard InChI is InChI=1S/C42H48O6/c1-3-11-31(12-4-1)37-29-33-15-7-9-17-35(33)39-40-36-18-10-8-16-34(36)30-38(32-13-5-2-6-14-32)42(40)48-28-26-46-24-22-44-20-19-43-21-23-45-25-27-47-41(37)39/h1-6,11-14,29-30H,7-10,15-28H2. The van der Waals surface area contributed by atoms with Crippen LogP contribution in [-0.4, -0.2) is 66.1 Å². The van der Waals surface area contributed by atoms with Crippen LogP contribution in [0.5, 0.6) is 11.5 Å². The van der Waals surface area contributed by atoms with E-state index in [9.17, 15) is 0 Å². The van der Waals surface area contributed by atoms with Crippen LogP contribution in [0.2, 0.25) is 0 Å².